The molecule has 5 rings (SSSR count). The Morgan fingerprint density at radius 3 is 2.51 bits per heavy atom. The van der Waals surface area contributed by atoms with Crippen LogP contribution in [0.15, 0.2) is 46.6 Å². The molecule has 186 valence electrons. The van der Waals surface area contributed by atoms with Crippen LogP contribution >= 0.6 is 34.5 Å². The van der Waals surface area contributed by atoms with Crippen molar-refractivity contribution in [1.29, 1.82) is 0 Å². The van der Waals surface area contributed by atoms with Crippen molar-refractivity contribution in [2.75, 3.05) is 0 Å². The van der Waals surface area contributed by atoms with Crippen LogP contribution in [0.4, 0.5) is 17.6 Å². The molecular weight excluding hydrogens is 558 g/mol. The van der Waals surface area contributed by atoms with E-state index in [-0.39, 0.29) is 26.9 Å². The van der Waals surface area contributed by atoms with Gasteiger partial charge in [-0.3, -0.25) is 0 Å². The van der Waals surface area contributed by atoms with E-state index < -0.39 is 56.7 Å². The Balaban J connectivity index is 1.83. The van der Waals surface area contributed by atoms with Crippen LogP contribution < -0.4 is 5.46 Å². The highest BCUT2D eigenvalue weighted by molar-refractivity contribution is 7.13. The number of aromatic hydroxyl groups is 2. The van der Waals surface area contributed by atoms with E-state index in [4.69, 9.17) is 35.6 Å². The summed E-state index contributed by atoms with van der Waals surface area (Å²) in [5, 5.41) is 28.9. The van der Waals surface area contributed by atoms with Crippen LogP contribution in [0.2, 0.25) is 10.0 Å². The van der Waals surface area contributed by atoms with Crippen molar-refractivity contribution >= 4 is 47.8 Å². The fraction of sp³-hybridized carbons (Fsp3) is 0.0455. The number of hydrogen-bond donors (Lipinski definition) is 2. The number of benzene rings is 2. The second kappa shape index (κ2) is 9.08. The summed E-state index contributed by atoms with van der Waals surface area (Å²) in [6.45, 7) is 0. The van der Waals surface area contributed by atoms with Crippen LogP contribution in [0.1, 0.15) is 5.69 Å². The summed E-state index contributed by atoms with van der Waals surface area (Å²) >= 11 is 13.1. The largest absolute Gasteiger partial charge is 0.506 e. The lowest BCUT2D eigenvalue weighted by molar-refractivity contribution is -0.142. The van der Waals surface area contributed by atoms with Crippen LogP contribution in [-0.2, 0) is 6.18 Å². The van der Waals surface area contributed by atoms with Gasteiger partial charge in [0.1, 0.15) is 41.6 Å². The van der Waals surface area contributed by atoms with Gasteiger partial charge in [0.15, 0.2) is 11.5 Å². The average Bonchev–Trinajstić information content (AvgIpc) is 3.56. The van der Waals surface area contributed by atoms with Gasteiger partial charge < -0.3 is 14.7 Å². The molecule has 0 unspecified atom stereocenters. The Morgan fingerprint density at radius 1 is 1.11 bits per heavy atom. The minimum absolute atomic E-state index is 0.0548. The Bertz CT molecular complexity index is 1630. The Kier molecular flexibility index (Phi) is 6.17. The molecule has 2 radical (unpaired) electrons. The molecule has 0 amide bonds. The van der Waals surface area contributed by atoms with E-state index in [2.05, 4.69) is 15.2 Å². The third-order valence-electron chi connectivity index (χ3n) is 5.26. The summed E-state index contributed by atoms with van der Waals surface area (Å²) < 4.78 is 63.8. The van der Waals surface area contributed by atoms with Crippen molar-refractivity contribution < 1.29 is 32.3 Å². The molecular formula is C22H9BCl2F4N4O3S. The van der Waals surface area contributed by atoms with E-state index in [1.165, 1.54) is 18.3 Å². The van der Waals surface area contributed by atoms with Crippen LogP contribution in [0, 0.1) is 5.82 Å². The van der Waals surface area contributed by atoms with Crippen molar-refractivity contribution in [1.82, 2.24) is 19.9 Å². The highest BCUT2D eigenvalue weighted by Crippen LogP contribution is 2.47. The number of thiazole rings is 1. The molecule has 0 aliphatic carbocycles. The van der Waals surface area contributed by atoms with Crippen LogP contribution in [-0.4, -0.2) is 38.0 Å². The number of phenols is 2. The molecule has 2 aromatic carbocycles. The molecule has 7 nitrogen and oxygen atoms in total. The molecule has 0 fully saturated rings. The molecule has 0 aliphatic heterocycles. The second-order valence-corrected chi connectivity index (χ2v) is 9.16. The first-order valence-corrected chi connectivity index (χ1v) is 11.6. The summed E-state index contributed by atoms with van der Waals surface area (Å²) in [6.07, 6.45) is -2.88. The predicted molar refractivity (Wildman–Crippen MR) is 129 cm³/mol. The first-order chi connectivity index (χ1) is 17.5. The van der Waals surface area contributed by atoms with Gasteiger partial charge >= 0.3 is 6.18 Å². The van der Waals surface area contributed by atoms with E-state index in [9.17, 15) is 27.8 Å². The van der Waals surface area contributed by atoms with Gasteiger partial charge in [0, 0.05) is 17.6 Å². The molecule has 0 saturated carbocycles. The third kappa shape index (κ3) is 4.12. The lowest BCUT2D eigenvalue weighted by Crippen LogP contribution is -2.21. The zero-order valence-electron chi connectivity index (χ0n) is 17.9. The third-order valence-corrected chi connectivity index (χ3v) is 6.77. The van der Waals surface area contributed by atoms with E-state index in [0.29, 0.717) is 4.68 Å². The highest BCUT2D eigenvalue weighted by atomic mass is 35.5. The topological polar surface area (TPSA) is 97.2 Å². The Labute approximate surface area is 219 Å². The molecule has 3 aromatic heterocycles. The van der Waals surface area contributed by atoms with Crippen LogP contribution in [0.25, 0.3) is 38.8 Å². The van der Waals surface area contributed by atoms with Crippen molar-refractivity contribution in [3.05, 3.63) is 63.6 Å². The molecule has 0 aliphatic rings. The summed E-state index contributed by atoms with van der Waals surface area (Å²) in [6, 6.07) is 4.58. The lowest BCUT2D eigenvalue weighted by Gasteiger charge is -2.16. The SMILES string of the molecule is [B]c1c(Cl)c(O)cc(O)c1-n1ncc(-c2onc(-c3c(F)cccc3Cl)c2-c2nccs2)c1C(F)(F)F. The minimum Gasteiger partial charge on any atom is -0.506 e. The molecule has 0 bridgehead atoms. The smallest absolute Gasteiger partial charge is 0.434 e. The number of hydrogen-bond acceptors (Lipinski definition) is 7. The van der Waals surface area contributed by atoms with Gasteiger partial charge in [-0.1, -0.05) is 34.4 Å². The Morgan fingerprint density at radius 2 is 1.86 bits per heavy atom. The normalized spacial score (nSPS) is 11.8. The fourth-order valence-corrected chi connectivity index (χ4v) is 4.81. The monoisotopic (exact) mass is 566 g/mol. The maximum Gasteiger partial charge on any atom is 0.434 e. The number of rotatable bonds is 4. The molecule has 37 heavy (non-hydrogen) atoms. The zero-order chi connectivity index (χ0) is 26.6. The fourth-order valence-electron chi connectivity index (χ4n) is 3.73. The average molecular weight is 567 g/mol. The summed E-state index contributed by atoms with van der Waals surface area (Å²) in [5.41, 5.74) is -3.66. The first kappa shape index (κ1) is 25.1. The standard InChI is InChI=1S/C22H9BCl2F4N4O3S/c23-15-16(25)11(34)6-12(35)18(15)33-20(22(27,28)29)8(7-31-33)19-14(21-30-4-5-37-21)17(32-36-19)13-9(24)2-1-3-10(13)26/h1-7,34-35H. The molecule has 5 aromatic rings. The maximum atomic E-state index is 14.8. The van der Waals surface area contributed by atoms with E-state index >= 15 is 0 Å². The van der Waals surface area contributed by atoms with Gasteiger partial charge in [-0.2, -0.15) is 18.3 Å². The molecule has 0 atom stereocenters. The van der Waals surface area contributed by atoms with Crippen molar-refractivity contribution in [2.45, 2.75) is 6.18 Å². The van der Waals surface area contributed by atoms with Gasteiger partial charge in [0.05, 0.1) is 32.9 Å². The summed E-state index contributed by atoms with van der Waals surface area (Å²) in [5.74, 6) is -2.69. The predicted octanol–water partition coefficient (Wildman–Crippen LogP) is 5.99. The van der Waals surface area contributed by atoms with Crippen LogP contribution in [0.3, 0.4) is 0 Å². The van der Waals surface area contributed by atoms with Gasteiger partial charge in [0.25, 0.3) is 0 Å². The Hall–Kier alpha value is -3.55. The van der Waals surface area contributed by atoms with Gasteiger partial charge in [0.2, 0.25) is 0 Å². The van der Waals surface area contributed by atoms with Crippen molar-refractivity contribution in [3.63, 3.8) is 0 Å². The minimum atomic E-state index is -5.09. The van der Waals surface area contributed by atoms with Crippen LogP contribution in [0.5, 0.6) is 11.5 Å². The van der Waals surface area contributed by atoms with Crippen molar-refractivity contribution in [3.8, 4) is 50.3 Å². The second-order valence-electron chi connectivity index (χ2n) is 7.48. The first-order valence-electron chi connectivity index (χ1n) is 10.0. The highest BCUT2D eigenvalue weighted by Gasteiger charge is 2.42. The molecule has 3 heterocycles. The summed E-state index contributed by atoms with van der Waals surface area (Å²) in [4.78, 5) is 4.14. The number of halogens is 6. The van der Waals surface area contributed by atoms with Crippen molar-refractivity contribution in [2.24, 2.45) is 0 Å². The number of phenolic OH excluding ortho intramolecular Hbond substituents is 2. The van der Waals surface area contributed by atoms with Gasteiger partial charge in [-0.05, 0) is 17.6 Å². The molecule has 15 heteroatoms. The van der Waals surface area contributed by atoms with E-state index in [0.717, 1.165) is 29.7 Å². The van der Waals surface area contributed by atoms with Gasteiger partial charge in [-0.15, -0.1) is 11.3 Å². The maximum absolute atomic E-state index is 14.8. The molecule has 2 N–H and O–H groups in total. The van der Waals surface area contributed by atoms with E-state index in [1.807, 2.05) is 0 Å². The van der Waals surface area contributed by atoms with Gasteiger partial charge in [-0.25, -0.2) is 14.1 Å². The number of aromatic nitrogens is 4. The number of alkyl halides is 3. The molecule has 0 saturated heterocycles. The quantitative estimate of drug-likeness (QED) is 0.205. The number of nitrogens with zero attached hydrogens (tertiary/aromatic N) is 4. The summed E-state index contributed by atoms with van der Waals surface area (Å²) in [7, 11) is 5.82. The van der Waals surface area contributed by atoms with E-state index in [1.54, 1.807) is 5.38 Å². The lowest BCUT2D eigenvalue weighted by atomic mass is 9.92. The zero-order valence-corrected chi connectivity index (χ0v) is 20.2. The molecule has 0 spiro atoms.